The van der Waals surface area contributed by atoms with Gasteiger partial charge in [0, 0.05) is 29.7 Å². The molecule has 32 heavy (non-hydrogen) atoms. The van der Waals surface area contributed by atoms with Crippen LogP contribution in [0.4, 0.5) is 0 Å². The van der Waals surface area contributed by atoms with Crippen LogP contribution in [0.2, 0.25) is 0 Å². The van der Waals surface area contributed by atoms with Crippen molar-refractivity contribution in [3.63, 3.8) is 0 Å². The maximum Gasteiger partial charge on any atom is 0.271 e. The van der Waals surface area contributed by atoms with E-state index in [1.165, 1.54) is 11.3 Å². The highest BCUT2D eigenvalue weighted by Crippen LogP contribution is 2.30. The molecule has 2 aromatic heterocycles. The van der Waals surface area contributed by atoms with Crippen molar-refractivity contribution in [3.05, 3.63) is 71.7 Å². The highest BCUT2D eigenvalue weighted by atomic mass is 32.1. The first-order valence-corrected chi connectivity index (χ1v) is 11.4. The van der Waals surface area contributed by atoms with Crippen molar-refractivity contribution in [1.29, 1.82) is 0 Å². The Morgan fingerprint density at radius 1 is 1.16 bits per heavy atom. The minimum absolute atomic E-state index is 0.0680. The molecule has 0 aliphatic carbocycles. The number of hydrogen-bond donors (Lipinski definition) is 2. The van der Waals surface area contributed by atoms with Crippen LogP contribution in [0.25, 0.3) is 27.6 Å². The summed E-state index contributed by atoms with van der Waals surface area (Å²) in [6.45, 7) is 1.23. The van der Waals surface area contributed by atoms with E-state index < -0.39 is 0 Å². The van der Waals surface area contributed by atoms with E-state index >= 15 is 0 Å². The van der Waals surface area contributed by atoms with Gasteiger partial charge in [0.05, 0.1) is 17.5 Å². The number of hydrogen-bond acceptors (Lipinski definition) is 6. The standard InChI is InChI=1S/C24H22N4O3S/c29-18-9-4-8-17(12-18)21-15-32-24(26-21)28-22(16-6-2-1-3-7-16)13-20(27-28)23(30)25-14-19-10-5-11-31-19/h1-4,6-9,12-13,15,19,29H,5,10-11,14H2,(H,25,30)/t19-/m0/s1. The van der Waals surface area contributed by atoms with E-state index in [0.717, 1.165) is 42.0 Å². The molecule has 4 aromatic rings. The first-order chi connectivity index (χ1) is 15.7. The maximum atomic E-state index is 12.8. The molecule has 1 atom stereocenters. The summed E-state index contributed by atoms with van der Waals surface area (Å²) in [6, 6.07) is 18.6. The van der Waals surface area contributed by atoms with Gasteiger partial charge in [-0.25, -0.2) is 9.67 Å². The largest absolute Gasteiger partial charge is 0.508 e. The molecule has 1 fully saturated rings. The predicted octanol–water partition coefficient (Wildman–Crippen LogP) is 4.28. The first-order valence-electron chi connectivity index (χ1n) is 10.5. The number of benzene rings is 2. The fourth-order valence-electron chi connectivity index (χ4n) is 3.71. The molecule has 1 aliphatic heterocycles. The van der Waals surface area contributed by atoms with Gasteiger partial charge >= 0.3 is 0 Å². The molecule has 2 N–H and O–H groups in total. The van der Waals surface area contributed by atoms with Crippen molar-refractivity contribution in [3.8, 4) is 33.4 Å². The van der Waals surface area contributed by atoms with Crippen LogP contribution in [0.5, 0.6) is 5.75 Å². The molecule has 5 rings (SSSR count). The number of aromatic nitrogens is 3. The Morgan fingerprint density at radius 3 is 2.78 bits per heavy atom. The molecule has 162 valence electrons. The first kappa shape index (κ1) is 20.4. The van der Waals surface area contributed by atoms with E-state index in [0.29, 0.717) is 17.4 Å². The van der Waals surface area contributed by atoms with Gasteiger partial charge in [-0.05, 0) is 31.0 Å². The van der Waals surface area contributed by atoms with Crippen LogP contribution in [0.15, 0.2) is 66.0 Å². The van der Waals surface area contributed by atoms with Gasteiger partial charge in [-0.1, -0.05) is 42.5 Å². The molecule has 0 spiro atoms. The zero-order valence-electron chi connectivity index (χ0n) is 17.3. The lowest BCUT2D eigenvalue weighted by atomic mass is 10.1. The van der Waals surface area contributed by atoms with E-state index in [9.17, 15) is 9.90 Å². The van der Waals surface area contributed by atoms with Crippen LogP contribution in [0.3, 0.4) is 0 Å². The zero-order chi connectivity index (χ0) is 21.9. The normalized spacial score (nSPS) is 15.7. The highest BCUT2D eigenvalue weighted by Gasteiger charge is 2.21. The number of phenolic OH excluding ortho intramolecular Hbond substituents is 1. The number of thiazole rings is 1. The average Bonchev–Trinajstić information content (AvgIpc) is 3.58. The topological polar surface area (TPSA) is 89.3 Å². The fraction of sp³-hybridized carbons (Fsp3) is 0.208. The third-order valence-electron chi connectivity index (χ3n) is 5.34. The number of amides is 1. The summed E-state index contributed by atoms with van der Waals surface area (Å²) in [5.41, 5.74) is 3.60. The molecular formula is C24H22N4O3S. The van der Waals surface area contributed by atoms with Gasteiger partial charge < -0.3 is 15.2 Å². The van der Waals surface area contributed by atoms with Crippen molar-refractivity contribution < 1.29 is 14.6 Å². The van der Waals surface area contributed by atoms with Crippen LogP contribution in [-0.2, 0) is 4.74 Å². The third kappa shape index (κ3) is 4.28. The maximum absolute atomic E-state index is 12.8. The Morgan fingerprint density at radius 2 is 2.00 bits per heavy atom. The molecule has 1 aliphatic rings. The Bertz CT molecular complexity index is 1230. The summed E-state index contributed by atoms with van der Waals surface area (Å²) >= 11 is 1.43. The minimum atomic E-state index is -0.235. The molecule has 1 saturated heterocycles. The van der Waals surface area contributed by atoms with E-state index in [4.69, 9.17) is 9.72 Å². The number of ether oxygens (including phenoxy) is 1. The van der Waals surface area contributed by atoms with Crippen molar-refractivity contribution in [1.82, 2.24) is 20.1 Å². The monoisotopic (exact) mass is 446 g/mol. The fourth-order valence-corrected chi connectivity index (χ4v) is 4.51. The van der Waals surface area contributed by atoms with Gasteiger partial charge in [0.2, 0.25) is 5.13 Å². The predicted molar refractivity (Wildman–Crippen MR) is 123 cm³/mol. The molecular weight excluding hydrogens is 424 g/mol. The Balaban J connectivity index is 1.47. The second-order valence-electron chi connectivity index (χ2n) is 7.60. The molecule has 0 unspecified atom stereocenters. The third-order valence-corrected chi connectivity index (χ3v) is 6.16. The number of rotatable bonds is 6. The van der Waals surface area contributed by atoms with Crippen molar-refractivity contribution in [2.75, 3.05) is 13.2 Å². The Labute approximate surface area is 189 Å². The number of aromatic hydroxyl groups is 1. The van der Waals surface area contributed by atoms with Crippen LogP contribution in [0.1, 0.15) is 23.3 Å². The zero-order valence-corrected chi connectivity index (χ0v) is 18.1. The van der Waals surface area contributed by atoms with Crippen LogP contribution >= 0.6 is 11.3 Å². The summed E-state index contributed by atoms with van der Waals surface area (Å²) in [5.74, 6) is -0.0486. The number of nitrogens with one attached hydrogen (secondary N) is 1. The van der Waals surface area contributed by atoms with Crippen molar-refractivity contribution in [2.45, 2.75) is 18.9 Å². The Kier molecular flexibility index (Phi) is 5.70. The summed E-state index contributed by atoms with van der Waals surface area (Å²) in [4.78, 5) is 17.5. The lowest BCUT2D eigenvalue weighted by Crippen LogP contribution is -2.32. The molecule has 3 heterocycles. The summed E-state index contributed by atoms with van der Waals surface area (Å²) in [6.07, 6.45) is 2.05. The number of nitrogens with zero attached hydrogens (tertiary/aromatic N) is 3. The van der Waals surface area contributed by atoms with Gasteiger partial charge in [-0.3, -0.25) is 4.79 Å². The van der Waals surface area contributed by atoms with E-state index in [1.54, 1.807) is 28.9 Å². The second-order valence-corrected chi connectivity index (χ2v) is 8.44. The van der Waals surface area contributed by atoms with Gasteiger partial charge in [0.15, 0.2) is 5.69 Å². The highest BCUT2D eigenvalue weighted by molar-refractivity contribution is 7.12. The number of carbonyl (C=O) groups is 1. The van der Waals surface area contributed by atoms with E-state index in [1.807, 2.05) is 41.8 Å². The van der Waals surface area contributed by atoms with E-state index in [2.05, 4.69) is 10.4 Å². The lowest BCUT2D eigenvalue weighted by Gasteiger charge is -2.09. The van der Waals surface area contributed by atoms with Gasteiger partial charge in [-0.2, -0.15) is 5.10 Å². The van der Waals surface area contributed by atoms with Gasteiger partial charge in [0.1, 0.15) is 5.75 Å². The van der Waals surface area contributed by atoms with Gasteiger partial charge in [-0.15, -0.1) is 11.3 Å². The molecule has 2 aromatic carbocycles. The summed E-state index contributed by atoms with van der Waals surface area (Å²) < 4.78 is 7.30. The average molecular weight is 447 g/mol. The number of carbonyl (C=O) groups excluding carboxylic acids is 1. The van der Waals surface area contributed by atoms with Crippen molar-refractivity contribution >= 4 is 17.2 Å². The minimum Gasteiger partial charge on any atom is -0.508 e. The van der Waals surface area contributed by atoms with E-state index in [-0.39, 0.29) is 17.8 Å². The van der Waals surface area contributed by atoms with Crippen LogP contribution in [0, 0.1) is 0 Å². The summed E-state index contributed by atoms with van der Waals surface area (Å²) in [5, 5.41) is 19.9. The lowest BCUT2D eigenvalue weighted by molar-refractivity contribution is 0.0853. The van der Waals surface area contributed by atoms with Gasteiger partial charge in [0.25, 0.3) is 5.91 Å². The second kappa shape index (κ2) is 8.94. The molecule has 0 radical (unpaired) electrons. The molecule has 0 bridgehead atoms. The molecule has 8 heteroatoms. The molecule has 7 nitrogen and oxygen atoms in total. The Hall–Kier alpha value is -3.49. The number of phenols is 1. The quantitative estimate of drug-likeness (QED) is 0.462. The molecule has 0 saturated carbocycles. The SMILES string of the molecule is O=C(NC[C@@H]1CCCO1)c1cc(-c2ccccc2)n(-c2nc(-c3cccc(O)c3)cs2)n1. The van der Waals surface area contributed by atoms with Crippen LogP contribution in [-0.4, -0.2) is 45.0 Å². The van der Waals surface area contributed by atoms with Crippen LogP contribution < -0.4 is 5.32 Å². The molecule has 1 amide bonds. The summed E-state index contributed by atoms with van der Waals surface area (Å²) in [7, 11) is 0. The smallest absolute Gasteiger partial charge is 0.271 e. The van der Waals surface area contributed by atoms with Crippen molar-refractivity contribution in [2.24, 2.45) is 0 Å².